The van der Waals surface area contributed by atoms with Crippen molar-refractivity contribution >= 4 is 10.0 Å². The van der Waals surface area contributed by atoms with Crippen molar-refractivity contribution in [2.24, 2.45) is 0 Å². The van der Waals surface area contributed by atoms with E-state index in [-0.39, 0.29) is 5.54 Å². The number of ether oxygens (including phenoxy) is 2. The van der Waals surface area contributed by atoms with E-state index in [2.05, 4.69) is 4.90 Å². The van der Waals surface area contributed by atoms with Crippen LogP contribution in [-0.4, -0.2) is 81.5 Å². The molecule has 7 heteroatoms. The number of hydrogen-bond donors (Lipinski definition) is 0. The lowest BCUT2D eigenvalue weighted by molar-refractivity contribution is -0.203. The summed E-state index contributed by atoms with van der Waals surface area (Å²) >= 11 is 0. The number of sulfonamides is 1. The fourth-order valence-corrected chi connectivity index (χ4v) is 5.73. The minimum absolute atomic E-state index is 0.198. The van der Waals surface area contributed by atoms with Crippen molar-refractivity contribution in [3.05, 3.63) is 0 Å². The van der Waals surface area contributed by atoms with Crippen molar-refractivity contribution in [1.82, 2.24) is 9.21 Å². The van der Waals surface area contributed by atoms with Crippen LogP contribution in [0.4, 0.5) is 0 Å². The minimum Gasteiger partial charge on any atom is -0.382 e. The zero-order valence-corrected chi connectivity index (χ0v) is 15.9. The number of methoxy groups -OCH3 is 1. The standard InChI is InChI=1S/C17H32N2O4S/c1-22-12-13-23-16-14-19(17(16)8-4-3-5-9-17)15-6-10-18(11-7-15)24(2,20)21/h15-16H,3-14H2,1-2H3/t16-/m0/s1. The summed E-state index contributed by atoms with van der Waals surface area (Å²) in [6.45, 7) is 3.63. The number of likely N-dealkylation sites (tertiary alicyclic amines) is 1. The van der Waals surface area contributed by atoms with E-state index in [1.165, 1.54) is 38.4 Å². The summed E-state index contributed by atoms with van der Waals surface area (Å²) in [5, 5.41) is 0. The molecule has 0 aromatic heterocycles. The zero-order chi connectivity index (χ0) is 17.2. The number of piperidine rings is 1. The highest BCUT2D eigenvalue weighted by Crippen LogP contribution is 2.47. The third-order valence-electron chi connectivity index (χ3n) is 6.19. The molecule has 0 N–H and O–H groups in total. The Hall–Kier alpha value is -0.210. The maximum absolute atomic E-state index is 11.7. The van der Waals surface area contributed by atoms with E-state index < -0.39 is 10.0 Å². The molecule has 1 aliphatic carbocycles. The molecule has 2 heterocycles. The summed E-state index contributed by atoms with van der Waals surface area (Å²) < 4.78 is 36.3. The van der Waals surface area contributed by atoms with Gasteiger partial charge in [0.1, 0.15) is 0 Å². The van der Waals surface area contributed by atoms with Gasteiger partial charge in [0.25, 0.3) is 0 Å². The lowest BCUT2D eigenvalue weighted by Crippen LogP contribution is -2.75. The van der Waals surface area contributed by atoms with E-state index in [4.69, 9.17) is 9.47 Å². The van der Waals surface area contributed by atoms with Gasteiger partial charge in [-0.1, -0.05) is 19.3 Å². The number of rotatable bonds is 6. The molecule has 3 rings (SSSR count). The first-order chi connectivity index (χ1) is 11.5. The fourth-order valence-electron chi connectivity index (χ4n) is 4.86. The van der Waals surface area contributed by atoms with Crippen LogP contribution in [0.15, 0.2) is 0 Å². The van der Waals surface area contributed by atoms with Gasteiger partial charge in [-0.15, -0.1) is 0 Å². The predicted octanol–water partition coefficient (Wildman–Crippen LogP) is 1.46. The summed E-state index contributed by atoms with van der Waals surface area (Å²) in [4.78, 5) is 2.66. The highest BCUT2D eigenvalue weighted by atomic mass is 32.2. The normalized spacial score (nSPS) is 29.7. The number of nitrogens with zero attached hydrogens (tertiary/aromatic N) is 2. The van der Waals surface area contributed by atoms with Crippen LogP contribution >= 0.6 is 0 Å². The van der Waals surface area contributed by atoms with Crippen molar-refractivity contribution in [2.75, 3.05) is 46.2 Å². The molecule has 140 valence electrons. The van der Waals surface area contributed by atoms with Gasteiger partial charge in [0.2, 0.25) is 10.0 Å². The van der Waals surface area contributed by atoms with Crippen molar-refractivity contribution in [3.8, 4) is 0 Å². The maximum Gasteiger partial charge on any atom is 0.211 e. The van der Waals surface area contributed by atoms with Gasteiger partial charge < -0.3 is 9.47 Å². The number of hydrogen-bond acceptors (Lipinski definition) is 5. The van der Waals surface area contributed by atoms with E-state index in [1.807, 2.05) is 0 Å². The van der Waals surface area contributed by atoms with Crippen LogP contribution in [0.2, 0.25) is 0 Å². The molecule has 3 fully saturated rings. The zero-order valence-electron chi connectivity index (χ0n) is 15.1. The van der Waals surface area contributed by atoms with Crippen molar-refractivity contribution in [3.63, 3.8) is 0 Å². The van der Waals surface area contributed by atoms with Gasteiger partial charge in [-0.2, -0.15) is 0 Å². The molecule has 1 saturated carbocycles. The predicted molar refractivity (Wildman–Crippen MR) is 93.6 cm³/mol. The lowest BCUT2D eigenvalue weighted by atomic mass is 9.69. The summed E-state index contributed by atoms with van der Waals surface area (Å²) in [6, 6.07) is 0.503. The van der Waals surface area contributed by atoms with Gasteiger partial charge >= 0.3 is 0 Å². The molecule has 0 aromatic carbocycles. The Morgan fingerprint density at radius 2 is 1.75 bits per heavy atom. The monoisotopic (exact) mass is 360 g/mol. The lowest BCUT2D eigenvalue weighted by Gasteiger charge is -2.63. The molecule has 0 radical (unpaired) electrons. The van der Waals surface area contributed by atoms with Gasteiger partial charge in [-0.05, 0) is 25.7 Å². The van der Waals surface area contributed by atoms with Crippen LogP contribution in [0.25, 0.3) is 0 Å². The van der Waals surface area contributed by atoms with E-state index in [0.717, 1.165) is 19.4 Å². The first-order valence-corrected chi connectivity index (χ1v) is 11.1. The van der Waals surface area contributed by atoms with E-state index in [9.17, 15) is 8.42 Å². The largest absolute Gasteiger partial charge is 0.382 e. The Balaban J connectivity index is 1.61. The molecule has 2 saturated heterocycles. The molecule has 2 aliphatic heterocycles. The molecule has 1 atom stereocenters. The smallest absolute Gasteiger partial charge is 0.211 e. The molecular formula is C17H32N2O4S. The van der Waals surface area contributed by atoms with E-state index in [0.29, 0.717) is 38.4 Å². The second kappa shape index (κ2) is 7.58. The van der Waals surface area contributed by atoms with Crippen molar-refractivity contribution in [1.29, 1.82) is 0 Å². The van der Waals surface area contributed by atoms with Crippen molar-refractivity contribution < 1.29 is 17.9 Å². The van der Waals surface area contributed by atoms with Gasteiger partial charge in [0.05, 0.1) is 25.6 Å². The molecule has 0 bridgehead atoms. The van der Waals surface area contributed by atoms with Crippen molar-refractivity contribution in [2.45, 2.75) is 62.6 Å². The highest BCUT2D eigenvalue weighted by Gasteiger charge is 2.56. The fraction of sp³-hybridized carbons (Fsp3) is 1.00. The second-order valence-electron chi connectivity index (χ2n) is 7.56. The van der Waals surface area contributed by atoms with Crippen LogP contribution in [-0.2, 0) is 19.5 Å². The molecule has 0 amide bonds. The molecular weight excluding hydrogens is 328 g/mol. The average molecular weight is 361 g/mol. The Bertz CT molecular complexity index is 511. The quantitative estimate of drug-likeness (QED) is 0.671. The molecule has 1 spiro atoms. The Labute approximate surface area is 146 Å². The molecule has 0 unspecified atom stereocenters. The third kappa shape index (κ3) is 3.65. The topological polar surface area (TPSA) is 59.1 Å². The summed E-state index contributed by atoms with van der Waals surface area (Å²) in [5.74, 6) is 0. The van der Waals surface area contributed by atoms with Crippen LogP contribution < -0.4 is 0 Å². The SMILES string of the molecule is COCCO[C@H]1CN(C2CCN(S(C)(=O)=O)CC2)C12CCCCC2. The molecule has 0 aromatic rings. The van der Waals surface area contributed by atoms with Crippen LogP contribution in [0.5, 0.6) is 0 Å². The Kier molecular flexibility index (Phi) is 5.87. The second-order valence-corrected chi connectivity index (χ2v) is 9.54. The average Bonchev–Trinajstić information content (AvgIpc) is 2.57. The first-order valence-electron chi connectivity index (χ1n) is 9.30. The van der Waals surface area contributed by atoms with Gasteiger partial charge in [-0.3, -0.25) is 4.90 Å². The van der Waals surface area contributed by atoms with Gasteiger partial charge in [0, 0.05) is 38.3 Å². The summed E-state index contributed by atoms with van der Waals surface area (Å²) in [7, 11) is -1.34. The van der Waals surface area contributed by atoms with E-state index >= 15 is 0 Å². The Morgan fingerprint density at radius 3 is 2.33 bits per heavy atom. The summed E-state index contributed by atoms with van der Waals surface area (Å²) in [5.41, 5.74) is 0.198. The van der Waals surface area contributed by atoms with Crippen LogP contribution in [0.1, 0.15) is 44.9 Å². The molecule has 3 aliphatic rings. The highest BCUT2D eigenvalue weighted by molar-refractivity contribution is 7.88. The first kappa shape index (κ1) is 18.6. The van der Waals surface area contributed by atoms with Gasteiger partial charge in [0.15, 0.2) is 0 Å². The van der Waals surface area contributed by atoms with E-state index in [1.54, 1.807) is 11.4 Å². The third-order valence-corrected chi connectivity index (χ3v) is 7.50. The maximum atomic E-state index is 11.7. The molecule has 6 nitrogen and oxygen atoms in total. The molecule has 24 heavy (non-hydrogen) atoms. The minimum atomic E-state index is -3.05. The van der Waals surface area contributed by atoms with Gasteiger partial charge in [-0.25, -0.2) is 12.7 Å². The summed E-state index contributed by atoms with van der Waals surface area (Å²) in [6.07, 6.45) is 9.85. The van der Waals surface area contributed by atoms with Crippen LogP contribution in [0.3, 0.4) is 0 Å². The van der Waals surface area contributed by atoms with Crippen LogP contribution in [0, 0.1) is 0 Å². The Morgan fingerprint density at radius 1 is 1.08 bits per heavy atom.